The van der Waals surface area contributed by atoms with Crippen LogP contribution < -0.4 is 14.8 Å². The molecule has 0 radical (unpaired) electrons. The second-order valence-corrected chi connectivity index (χ2v) is 9.44. The van der Waals surface area contributed by atoms with Gasteiger partial charge in [0.1, 0.15) is 0 Å². The molecule has 1 heterocycles. The Kier molecular flexibility index (Phi) is 6.58. The Labute approximate surface area is 167 Å². The zero-order valence-corrected chi connectivity index (χ0v) is 17.6. The number of nitrogens with zero attached hydrogens (tertiary/aromatic N) is 1. The number of hydrogen-bond donors (Lipinski definition) is 3. The summed E-state index contributed by atoms with van der Waals surface area (Å²) in [6.07, 6.45) is 2.13. The van der Waals surface area contributed by atoms with Crippen molar-refractivity contribution in [1.29, 1.82) is 0 Å². The van der Waals surface area contributed by atoms with E-state index in [2.05, 4.69) is 42.3 Å². The van der Waals surface area contributed by atoms with E-state index < -0.39 is 21.8 Å². The van der Waals surface area contributed by atoms with E-state index in [1.165, 1.54) is 6.20 Å². The van der Waals surface area contributed by atoms with Gasteiger partial charge in [-0.2, -0.15) is 13.1 Å². The van der Waals surface area contributed by atoms with E-state index in [0.717, 1.165) is 3.57 Å². The van der Waals surface area contributed by atoms with Crippen LogP contribution in [0.15, 0.2) is 48.8 Å². The molecule has 7 nitrogen and oxygen atoms in total. The quantitative estimate of drug-likeness (QED) is 0.430. The smallest absolute Gasteiger partial charge is 0.300 e. The van der Waals surface area contributed by atoms with Gasteiger partial charge in [-0.15, -0.1) is 0 Å². The SMILES string of the molecule is CC(C)(C)C(NC(=O)c1ccc(I)cc1)NS(=O)(=O)Nc1cccnc1. The van der Waals surface area contributed by atoms with E-state index in [0.29, 0.717) is 11.3 Å². The van der Waals surface area contributed by atoms with Crippen molar-refractivity contribution in [3.8, 4) is 0 Å². The second kappa shape index (κ2) is 8.31. The largest absolute Gasteiger partial charge is 0.335 e. The highest BCUT2D eigenvalue weighted by Gasteiger charge is 2.30. The Bertz CT molecular complexity index is 850. The molecule has 0 aliphatic carbocycles. The predicted octanol–water partition coefficient (Wildman–Crippen LogP) is 2.73. The minimum Gasteiger partial charge on any atom is -0.335 e. The molecule has 1 amide bonds. The minimum absolute atomic E-state index is 0.330. The first kappa shape index (κ1) is 20.6. The van der Waals surface area contributed by atoms with Crippen molar-refractivity contribution in [2.24, 2.45) is 5.41 Å². The average Bonchev–Trinajstić information content (AvgIpc) is 2.54. The maximum Gasteiger partial charge on any atom is 0.300 e. The van der Waals surface area contributed by atoms with Crippen LogP contribution in [0.4, 0.5) is 5.69 Å². The molecule has 2 aromatic rings. The second-order valence-electron chi connectivity index (χ2n) is 6.74. The van der Waals surface area contributed by atoms with Crippen molar-refractivity contribution in [2.75, 3.05) is 4.72 Å². The van der Waals surface area contributed by atoms with Gasteiger partial charge in [0.15, 0.2) is 0 Å². The molecule has 0 fully saturated rings. The first-order valence-electron chi connectivity index (χ1n) is 7.83. The lowest BCUT2D eigenvalue weighted by Crippen LogP contribution is -2.56. The monoisotopic (exact) mass is 488 g/mol. The summed E-state index contributed by atoms with van der Waals surface area (Å²) >= 11 is 2.15. The molecule has 26 heavy (non-hydrogen) atoms. The lowest BCUT2D eigenvalue weighted by Gasteiger charge is -2.32. The number of pyridine rings is 1. The normalized spacial score (nSPS) is 13.1. The predicted molar refractivity (Wildman–Crippen MR) is 110 cm³/mol. The summed E-state index contributed by atoms with van der Waals surface area (Å²) in [5.74, 6) is -0.356. The molecule has 1 aromatic carbocycles. The van der Waals surface area contributed by atoms with Crippen LogP contribution in [0.1, 0.15) is 31.1 Å². The number of amides is 1. The molecule has 2 rings (SSSR count). The third-order valence-corrected chi connectivity index (χ3v) is 5.20. The summed E-state index contributed by atoms with van der Waals surface area (Å²) in [6, 6.07) is 10.2. The Morgan fingerprint density at radius 3 is 2.35 bits per heavy atom. The number of benzene rings is 1. The van der Waals surface area contributed by atoms with Crippen molar-refractivity contribution in [2.45, 2.75) is 26.9 Å². The standard InChI is InChI=1S/C17H21IN4O3S/c1-17(2,3)16(20-15(23)12-6-8-13(18)9-7-12)22-26(24,25)21-14-5-4-10-19-11-14/h4-11,16,21-22H,1-3H3,(H,20,23). The number of nitrogens with one attached hydrogen (secondary N) is 3. The first-order valence-corrected chi connectivity index (χ1v) is 10.4. The zero-order chi connectivity index (χ0) is 19.4. The van der Waals surface area contributed by atoms with E-state index in [9.17, 15) is 13.2 Å². The summed E-state index contributed by atoms with van der Waals surface area (Å²) < 4.78 is 30.7. The molecule has 0 aliphatic rings. The summed E-state index contributed by atoms with van der Waals surface area (Å²) in [6.45, 7) is 5.50. The molecule has 1 aromatic heterocycles. The number of carbonyl (C=O) groups is 1. The highest BCUT2D eigenvalue weighted by molar-refractivity contribution is 14.1. The van der Waals surface area contributed by atoms with E-state index in [4.69, 9.17) is 0 Å². The lowest BCUT2D eigenvalue weighted by atomic mass is 9.92. The average molecular weight is 488 g/mol. The summed E-state index contributed by atoms with van der Waals surface area (Å²) in [5.41, 5.74) is 0.235. The van der Waals surface area contributed by atoms with Crippen LogP contribution in [0.25, 0.3) is 0 Å². The Balaban J connectivity index is 2.14. The molecule has 9 heteroatoms. The van der Waals surface area contributed by atoms with Crippen LogP contribution in [0.2, 0.25) is 0 Å². The van der Waals surface area contributed by atoms with E-state index in [-0.39, 0.29) is 5.91 Å². The van der Waals surface area contributed by atoms with Gasteiger partial charge in [0.2, 0.25) is 0 Å². The molecule has 0 aliphatic heterocycles. The first-order chi connectivity index (χ1) is 12.1. The molecule has 0 saturated carbocycles. The fraction of sp³-hybridized carbons (Fsp3) is 0.294. The number of aromatic nitrogens is 1. The number of rotatable bonds is 6. The van der Waals surface area contributed by atoms with Crippen molar-refractivity contribution in [3.05, 3.63) is 57.9 Å². The molecule has 3 N–H and O–H groups in total. The number of halogens is 1. The highest BCUT2D eigenvalue weighted by atomic mass is 127. The summed E-state index contributed by atoms with van der Waals surface area (Å²) in [7, 11) is -3.91. The Hall–Kier alpha value is -1.72. The van der Waals surface area contributed by atoms with Crippen LogP contribution in [-0.4, -0.2) is 25.5 Å². The molecular formula is C17H21IN4O3S. The van der Waals surface area contributed by atoms with Crippen molar-refractivity contribution < 1.29 is 13.2 Å². The van der Waals surface area contributed by atoms with Crippen LogP contribution in [-0.2, 0) is 10.2 Å². The van der Waals surface area contributed by atoms with Gasteiger partial charge in [-0.1, -0.05) is 20.8 Å². The molecule has 140 valence electrons. The van der Waals surface area contributed by atoms with Crippen LogP contribution in [0, 0.1) is 8.99 Å². The molecule has 0 spiro atoms. The lowest BCUT2D eigenvalue weighted by molar-refractivity contribution is 0.0897. The van der Waals surface area contributed by atoms with Gasteiger partial charge in [-0.25, -0.2) is 0 Å². The van der Waals surface area contributed by atoms with Crippen molar-refractivity contribution in [1.82, 2.24) is 15.0 Å². The fourth-order valence-electron chi connectivity index (χ4n) is 2.00. The summed E-state index contributed by atoms with van der Waals surface area (Å²) in [4.78, 5) is 16.3. The Morgan fingerprint density at radius 1 is 1.15 bits per heavy atom. The van der Waals surface area contributed by atoms with Crippen LogP contribution >= 0.6 is 22.6 Å². The fourth-order valence-corrected chi connectivity index (χ4v) is 3.57. The number of carbonyl (C=O) groups excluding carboxylic acids is 1. The highest BCUT2D eigenvalue weighted by Crippen LogP contribution is 2.19. The third-order valence-electron chi connectivity index (χ3n) is 3.43. The topological polar surface area (TPSA) is 100 Å². The zero-order valence-electron chi connectivity index (χ0n) is 14.7. The van der Waals surface area contributed by atoms with Gasteiger partial charge in [0.25, 0.3) is 5.91 Å². The number of hydrogen-bond acceptors (Lipinski definition) is 4. The molecule has 0 bridgehead atoms. The number of anilines is 1. The van der Waals surface area contributed by atoms with Crippen molar-refractivity contribution >= 4 is 44.4 Å². The van der Waals surface area contributed by atoms with E-state index in [1.54, 1.807) is 30.5 Å². The van der Waals surface area contributed by atoms with Crippen molar-refractivity contribution in [3.63, 3.8) is 0 Å². The molecular weight excluding hydrogens is 467 g/mol. The van der Waals surface area contributed by atoms with Gasteiger partial charge >= 0.3 is 10.2 Å². The third kappa shape index (κ3) is 6.22. The minimum atomic E-state index is -3.91. The van der Waals surface area contributed by atoms with Gasteiger partial charge in [-0.05, 0) is 64.4 Å². The summed E-state index contributed by atoms with van der Waals surface area (Å²) in [5, 5.41) is 2.75. The maximum absolute atomic E-state index is 12.5. The van der Waals surface area contributed by atoms with Crippen LogP contribution in [0.3, 0.4) is 0 Å². The Morgan fingerprint density at radius 2 is 1.81 bits per heavy atom. The van der Waals surface area contributed by atoms with Gasteiger partial charge in [0.05, 0.1) is 18.1 Å². The molecule has 0 saturated heterocycles. The van der Waals surface area contributed by atoms with Crippen LogP contribution in [0.5, 0.6) is 0 Å². The van der Waals surface area contributed by atoms with E-state index >= 15 is 0 Å². The van der Waals surface area contributed by atoms with E-state index in [1.807, 2.05) is 32.9 Å². The van der Waals surface area contributed by atoms with Gasteiger partial charge in [-0.3, -0.25) is 14.5 Å². The maximum atomic E-state index is 12.5. The molecule has 1 atom stereocenters. The molecule has 1 unspecified atom stereocenters. The van der Waals surface area contributed by atoms with Gasteiger partial charge in [0, 0.05) is 15.3 Å². The van der Waals surface area contributed by atoms with Gasteiger partial charge < -0.3 is 5.32 Å².